The SMILES string of the molecule is CCCCCn1cc([N+](=O)[O-])cn1. The molecule has 0 radical (unpaired) electrons. The van der Waals surface area contributed by atoms with Crippen LogP contribution in [0.5, 0.6) is 0 Å². The lowest BCUT2D eigenvalue weighted by Gasteiger charge is -1.97. The van der Waals surface area contributed by atoms with Gasteiger partial charge in [0.2, 0.25) is 0 Å². The van der Waals surface area contributed by atoms with Crippen LogP contribution in [0, 0.1) is 10.1 Å². The summed E-state index contributed by atoms with van der Waals surface area (Å²) in [7, 11) is 0. The van der Waals surface area contributed by atoms with Crippen LogP contribution in [0.3, 0.4) is 0 Å². The Balaban J connectivity index is 2.44. The molecule has 1 rings (SSSR count). The molecule has 0 aliphatic heterocycles. The molecule has 1 aromatic rings. The first-order chi connectivity index (χ1) is 6.24. The highest BCUT2D eigenvalue weighted by Crippen LogP contribution is 2.08. The third-order valence-electron chi connectivity index (χ3n) is 1.82. The van der Waals surface area contributed by atoms with Crippen molar-refractivity contribution in [3.05, 3.63) is 22.5 Å². The summed E-state index contributed by atoms with van der Waals surface area (Å²) in [4.78, 5) is 9.87. The predicted octanol–water partition coefficient (Wildman–Crippen LogP) is 1.98. The summed E-state index contributed by atoms with van der Waals surface area (Å²) in [5.41, 5.74) is 0.0662. The monoisotopic (exact) mass is 183 g/mol. The molecule has 0 aliphatic rings. The molecule has 5 nitrogen and oxygen atoms in total. The van der Waals surface area contributed by atoms with E-state index in [1.54, 1.807) is 4.68 Å². The van der Waals surface area contributed by atoms with Gasteiger partial charge in [-0.1, -0.05) is 19.8 Å². The van der Waals surface area contributed by atoms with Crippen LogP contribution in [0.15, 0.2) is 12.4 Å². The Labute approximate surface area is 76.5 Å². The van der Waals surface area contributed by atoms with E-state index in [-0.39, 0.29) is 5.69 Å². The first-order valence-corrected chi connectivity index (χ1v) is 4.41. The van der Waals surface area contributed by atoms with Crippen molar-refractivity contribution in [2.45, 2.75) is 32.7 Å². The van der Waals surface area contributed by atoms with Gasteiger partial charge in [-0.25, -0.2) is 0 Å². The van der Waals surface area contributed by atoms with E-state index >= 15 is 0 Å². The molecule has 0 fully saturated rings. The minimum atomic E-state index is -0.427. The van der Waals surface area contributed by atoms with E-state index in [1.165, 1.54) is 12.4 Å². The second kappa shape index (κ2) is 4.59. The first-order valence-electron chi connectivity index (χ1n) is 4.41. The Hall–Kier alpha value is -1.39. The van der Waals surface area contributed by atoms with E-state index in [0.717, 1.165) is 25.8 Å². The van der Waals surface area contributed by atoms with Gasteiger partial charge in [0.1, 0.15) is 12.4 Å². The minimum Gasteiger partial charge on any atom is -0.266 e. The first kappa shape index (κ1) is 9.70. The summed E-state index contributed by atoms with van der Waals surface area (Å²) in [5.74, 6) is 0. The smallest absolute Gasteiger partial charge is 0.266 e. The molecule has 0 unspecified atom stereocenters. The molecule has 0 atom stereocenters. The fourth-order valence-corrected chi connectivity index (χ4v) is 1.09. The zero-order chi connectivity index (χ0) is 9.68. The van der Waals surface area contributed by atoms with E-state index < -0.39 is 4.92 Å². The van der Waals surface area contributed by atoms with Crippen molar-refractivity contribution in [3.63, 3.8) is 0 Å². The van der Waals surface area contributed by atoms with Gasteiger partial charge in [0.25, 0.3) is 0 Å². The van der Waals surface area contributed by atoms with Gasteiger partial charge in [0, 0.05) is 6.54 Å². The summed E-state index contributed by atoms with van der Waals surface area (Å²) >= 11 is 0. The number of rotatable bonds is 5. The molecular formula is C8H13N3O2. The van der Waals surface area contributed by atoms with Gasteiger partial charge in [-0.15, -0.1) is 0 Å². The van der Waals surface area contributed by atoms with Crippen molar-refractivity contribution < 1.29 is 4.92 Å². The Kier molecular flexibility index (Phi) is 3.42. The molecule has 0 saturated carbocycles. The molecule has 72 valence electrons. The third kappa shape index (κ3) is 2.85. The molecule has 0 spiro atoms. The van der Waals surface area contributed by atoms with Crippen molar-refractivity contribution in [1.82, 2.24) is 9.78 Å². The second-order valence-corrected chi connectivity index (χ2v) is 2.93. The number of hydrogen-bond acceptors (Lipinski definition) is 3. The highest BCUT2D eigenvalue weighted by atomic mass is 16.6. The number of aromatic nitrogens is 2. The molecule has 0 aromatic carbocycles. The van der Waals surface area contributed by atoms with Crippen LogP contribution in [0.2, 0.25) is 0 Å². The van der Waals surface area contributed by atoms with E-state index in [9.17, 15) is 10.1 Å². The van der Waals surface area contributed by atoms with E-state index in [4.69, 9.17) is 0 Å². The number of unbranched alkanes of at least 4 members (excludes halogenated alkanes) is 2. The van der Waals surface area contributed by atoms with Crippen LogP contribution in [-0.2, 0) is 6.54 Å². The third-order valence-corrected chi connectivity index (χ3v) is 1.82. The zero-order valence-electron chi connectivity index (χ0n) is 7.64. The minimum absolute atomic E-state index is 0.0662. The quantitative estimate of drug-likeness (QED) is 0.398. The number of nitro groups is 1. The van der Waals surface area contributed by atoms with Gasteiger partial charge in [-0.2, -0.15) is 5.10 Å². The van der Waals surface area contributed by atoms with Gasteiger partial charge in [0.05, 0.1) is 4.92 Å². The average molecular weight is 183 g/mol. The highest BCUT2D eigenvalue weighted by Gasteiger charge is 2.07. The van der Waals surface area contributed by atoms with Crippen LogP contribution >= 0.6 is 0 Å². The fraction of sp³-hybridized carbons (Fsp3) is 0.625. The predicted molar refractivity (Wildman–Crippen MR) is 48.4 cm³/mol. The standard InChI is InChI=1S/C8H13N3O2/c1-2-3-4-5-10-7-8(6-9-10)11(12)13/h6-7H,2-5H2,1H3. The largest absolute Gasteiger partial charge is 0.306 e. The lowest BCUT2D eigenvalue weighted by atomic mass is 10.2. The normalized spacial score (nSPS) is 10.2. The van der Waals surface area contributed by atoms with Crippen molar-refractivity contribution >= 4 is 5.69 Å². The van der Waals surface area contributed by atoms with Crippen LogP contribution in [0.4, 0.5) is 5.69 Å². The molecular weight excluding hydrogens is 170 g/mol. The molecule has 5 heteroatoms. The van der Waals surface area contributed by atoms with E-state index in [0.29, 0.717) is 0 Å². The Morgan fingerprint density at radius 1 is 1.62 bits per heavy atom. The molecule has 0 saturated heterocycles. The fourth-order valence-electron chi connectivity index (χ4n) is 1.09. The molecule has 13 heavy (non-hydrogen) atoms. The topological polar surface area (TPSA) is 61.0 Å². The molecule has 0 aliphatic carbocycles. The van der Waals surface area contributed by atoms with Gasteiger partial charge in [-0.3, -0.25) is 14.8 Å². The summed E-state index contributed by atoms with van der Waals surface area (Å²) < 4.78 is 1.62. The van der Waals surface area contributed by atoms with Crippen LogP contribution in [0.1, 0.15) is 26.2 Å². The number of hydrogen-bond donors (Lipinski definition) is 0. The molecule has 1 heterocycles. The highest BCUT2D eigenvalue weighted by molar-refractivity contribution is 5.20. The Morgan fingerprint density at radius 2 is 2.38 bits per heavy atom. The van der Waals surface area contributed by atoms with Crippen molar-refractivity contribution in [2.24, 2.45) is 0 Å². The van der Waals surface area contributed by atoms with Crippen LogP contribution in [-0.4, -0.2) is 14.7 Å². The van der Waals surface area contributed by atoms with E-state index in [2.05, 4.69) is 12.0 Å². The summed E-state index contributed by atoms with van der Waals surface area (Å²) in [6.45, 7) is 2.88. The zero-order valence-corrected chi connectivity index (χ0v) is 7.64. The van der Waals surface area contributed by atoms with Gasteiger partial charge in [-0.05, 0) is 6.42 Å². The average Bonchev–Trinajstić information content (AvgIpc) is 2.53. The Morgan fingerprint density at radius 3 is 2.92 bits per heavy atom. The van der Waals surface area contributed by atoms with Crippen molar-refractivity contribution in [3.8, 4) is 0 Å². The lowest BCUT2D eigenvalue weighted by Crippen LogP contribution is -1.97. The number of nitrogens with zero attached hydrogens (tertiary/aromatic N) is 3. The second-order valence-electron chi connectivity index (χ2n) is 2.93. The summed E-state index contributed by atoms with van der Waals surface area (Å²) in [5, 5.41) is 14.2. The van der Waals surface area contributed by atoms with Crippen LogP contribution in [0.25, 0.3) is 0 Å². The lowest BCUT2D eigenvalue weighted by molar-refractivity contribution is -0.385. The molecule has 0 N–H and O–H groups in total. The summed E-state index contributed by atoms with van der Waals surface area (Å²) in [6, 6.07) is 0. The molecule has 1 aromatic heterocycles. The maximum atomic E-state index is 10.3. The van der Waals surface area contributed by atoms with E-state index in [1.807, 2.05) is 0 Å². The molecule has 0 bridgehead atoms. The van der Waals surface area contributed by atoms with Crippen molar-refractivity contribution in [1.29, 1.82) is 0 Å². The summed E-state index contributed by atoms with van der Waals surface area (Å²) in [6.07, 6.45) is 6.05. The molecule has 0 amide bonds. The van der Waals surface area contributed by atoms with Crippen LogP contribution < -0.4 is 0 Å². The number of aryl methyl sites for hydroxylation is 1. The maximum Gasteiger partial charge on any atom is 0.306 e. The van der Waals surface area contributed by atoms with Gasteiger partial charge >= 0.3 is 5.69 Å². The Bertz CT molecular complexity index is 283. The van der Waals surface area contributed by atoms with Crippen molar-refractivity contribution in [2.75, 3.05) is 0 Å². The van der Waals surface area contributed by atoms with Gasteiger partial charge < -0.3 is 0 Å². The maximum absolute atomic E-state index is 10.3. The van der Waals surface area contributed by atoms with Gasteiger partial charge in [0.15, 0.2) is 0 Å².